The number of halogens is 1. The molecule has 0 aliphatic carbocycles. The minimum absolute atomic E-state index is 0.0298. The summed E-state index contributed by atoms with van der Waals surface area (Å²) in [5, 5.41) is 0. The van der Waals surface area contributed by atoms with Crippen molar-refractivity contribution in [2.75, 3.05) is 16.2 Å². The Labute approximate surface area is 162 Å². The number of H-pyrrole nitrogens is 2. The highest BCUT2D eigenvalue weighted by atomic mass is 79.9. The van der Waals surface area contributed by atoms with Crippen LogP contribution in [0.2, 0.25) is 0 Å². The van der Waals surface area contributed by atoms with Crippen LogP contribution in [0.25, 0.3) is 11.0 Å². The number of sulfonamides is 1. The average molecular weight is 451 g/mol. The van der Waals surface area contributed by atoms with Crippen LogP contribution in [0.1, 0.15) is 12.5 Å². The monoisotopic (exact) mass is 450 g/mol. The van der Waals surface area contributed by atoms with Gasteiger partial charge in [0.2, 0.25) is 5.91 Å². The molecule has 0 saturated carbocycles. The van der Waals surface area contributed by atoms with Gasteiger partial charge in [0.05, 0.1) is 22.4 Å². The molecule has 0 unspecified atom stereocenters. The van der Waals surface area contributed by atoms with Crippen molar-refractivity contribution < 1.29 is 13.2 Å². The van der Waals surface area contributed by atoms with Crippen LogP contribution < -0.4 is 15.3 Å². The number of aromatic amines is 2. The van der Waals surface area contributed by atoms with E-state index < -0.39 is 10.0 Å². The third-order valence-corrected chi connectivity index (χ3v) is 6.28. The Kier molecular flexibility index (Phi) is 4.11. The number of aromatic nitrogens is 2. The first-order valence-corrected chi connectivity index (χ1v) is 10.4. The van der Waals surface area contributed by atoms with Gasteiger partial charge in [-0.15, -0.1) is 0 Å². The Balaban J connectivity index is 1.80. The maximum atomic E-state index is 13.1. The summed E-state index contributed by atoms with van der Waals surface area (Å²) in [5.41, 5.74) is 2.21. The van der Waals surface area contributed by atoms with E-state index in [1.807, 2.05) is 6.07 Å². The van der Waals surface area contributed by atoms with Gasteiger partial charge in [-0.1, -0.05) is 15.9 Å². The Morgan fingerprint density at radius 3 is 2.67 bits per heavy atom. The molecule has 2 aromatic carbocycles. The molecule has 0 radical (unpaired) electrons. The van der Waals surface area contributed by atoms with Crippen LogP contribution in [0.5, 0.6) is 0 Å². The van der Waals surface area contributed by atoms with Crippen molar-refractivity contribution in [1.82, 2.24) is 9.97 Å². The third-order valence-electron chi connectivity index (χ3n) is 4.43. The second-order valence-corrected chi connectivity index (χ2v) is 8.84. The summed E-state index contributed by atoms with van der Waals surface area (Å²) < 4.78 is 29.3. The normalized spacial score (nSPS) is 13.8. The number of hydrogen-bond donors (Lipinski definition) is 3. The van der Waals surface area contributed by atoms with E-state index in [9.17, 15) is 18.0 Å². The second kappa shape index (κ2) is 6.24. The van der Waals surface area contributed by atoms with Crippen molar-refractivity contribution in [2.45, 2.75) is 18.2 Å². The second-order valence-electron chi connectivity index (χ2n) is 6.28. The molecule has 0 bridgehead atoms. The standard InChI is InChI=1S/C17H15BrN4O4S/c1-9(23)22-5-4-10-6-11(18)7-15(16(10)22)27(25,26)21-12-2-3-13-14(8-12)20-17(24)19-13/h2-3,6-8,21H,4-5H2,1H3,(H2,19,20,24). The summed E-state index contributed by atoms with van der Waals surface area (Å²) in [6.45, 7) is 1.86. The zero-order chi connectivity index (χ0) is 19.3. The molecular formula is C17H15BrN4O4S. The van der Waals surface area contributed by atoms with E-state index in [4.69, 9.17) is 0 Å². The lowest BCUT2D eigenvalue weighted by molar-refractivity contribution is -0.116. The van der Waals surface area contributed by atoms with Crippen molar-refractivity contribution >= 4 is 54.3 Å². The molecule has 0 atom stereocenters. The molecule has 1 amide bonds. The van der Waals surface area contributed by atoms with E-state index in [2.05, 4.69) is 30.6 Å². The highest BCUT2D eigenvalue weighted by Crippen LogP contribution is 2.38. The van der Waals surface area contributed by atoms with Crippen LogP contribution in [0.3, 0.4) is 0 Å². The summed E-state index contributed by atoms with van der Waals surface area (Å²) >= 11 is 3.35. The molecule has 2 heterocycles. The topological polar surface area (TPSA) is 115 Å². The van der Waals surface area contributed by atoms with Crippen LogP contribution in [-0.2, 0) is 21.2 Å². The zero-order valence-corrected chi connectivity index (χ0v) is 16.6. The number of nitrogens with zero attached hydrogens (tertiary/aromatic N) is 1. The Hall–Kier alpha value is -2.59. The fraction of sp³-hybridized carbons (Fsp3) is 0.176. The highest BCUT2D eigenvalue weighted by Gasteiger charge is 2.31. The molecule has 0 spiro atoms. The Morgan fingerprint density at radius 2 is 1.93 bits per heavy atom. The minimum atomic E-state index is -3.97. The van der Waals surface area contributed by atoms with Gasteiger partial charge in [-0.05, 0) is 42.3 Å². The van der Waals surface area contributed by atoms with Gasteiger partial charge in [0, 0.05) is 17.9 Å². The predicted octanol–water partition coefficient (Wildman–Crippen LogP) is 2.33. The Morgan fingerprint density at radius 1 is 1.19 bits per heavy atom. The number of nitrogens with one attached hydrogen (secondary N) is 3. The van der Waals surface area contributed by atoms with Crippen LogP contribution in [0, 0.1) is 0 Å². The molecular weight excluding hydrogens is 436 g/mol. The first kappa shape index (κ1) is 17.8. The first-order chi connectivity index (χ1) is 12.7. The van der Waals surface area contributed by atoms with Gasteiger partial charge >= 0.3 is 5.69 Å². The SMILES string of the molecule is CC(=O)N1CCc2cc(Br)cc(S(=O)(=O)Nc3ccc4[nH]c(=O)[nH]c4c3)c21. The lowest BCUT2D eigenvalue weighted by atomic mass is 10.2. The number of rotatable bonds is 3. The number of hydrogen-bond acceptors (Lipinski definition) is 4. The number of imidazole rings is 1. The molecule has 1 aromatic heterocycles. The molecule has 4 rings (SSSR count). The predicted molar refractivity (Wildman–Crippen MR) is 106 cm³/mol. The van der Waals surface area contributed by atoms with Crippen molar-refractivity contribution in [3.8, 4) is 0 Å². The molecule has 1 aliphatic rings. The van der Waals surface area contributed by atoms with Crippen LogP contribution in [0.4, 0.5) is 11.4 Å². The fourth-order valence-corrected chi connectivity index (χ4v) is 5.28. The number of benzene rings is 2. The fourth-order valence-electron chi connectivity index (χ4n) is 3.30. The van der Waals surface area contributed by atoms with Crippen LogP contribution in [-0.4, -0.2) is 30.8 Å². The molecule has 27 heavy (non-hydrogen) atoms. The highest BCUT2D eigenvalue weighted by molar-refractivity contribution is 9.10. The zero-order valence-electron chi connectivity index (χ0n) is 14.2. The molecule has 1 aliphatic heterocycles. The number of anilines is 2. The number of fused-ring (bicyclic) bond motifs is 2. The van der Waals surface area contributed by atoms with E-state index in [0.29, 0.717) is 39.8 Å². The number of carbonyl (C=O) groups is 1. The van der Waals surface area contributed by atoms with E-state index >= 15 is 0 Å². The molecule has 3 aromatic rings. The van der Waals surface area contributed by atoms with Crippen molar-refractivity contribution in [3.05, 3.63) is 50.9 Å². The van der Waals surface area contributed by atoms with Gasteiger partial charge in [0.15, 0.2) is 0 Å². The van der Waals surface area contributed by atoms with Crippen molar-refractivity contribution in [1.29, 1.82) is 0 Å². The third kappa shape index (κ3) is 3.15. The van der Waals surface area contributed by atoms with Gasteiger partial charge in [-0.2, -0.15) is 0 Å². The molecule has 3 N–H and O–H groups in total. The van der Waals surface area contributed by atoms with E-state index in [1.54, 1.807) is 12.1 Å². The van der Waals surface area contributed by atoms with E-state index in [0.717, 1.165) is 5.56 Å². The molecule has 10 heteroatoms. The van der Waals surface area contributed by atoms with Gasteiger partial charge in [-0.3, -0.25) is 9.52 Å². The van der Waals surface area contributed by atoms with Crippen LogP contribution >= 0.6 is 15.9 Å². The van der Waals surface area contributed by atoms with Crippen LogP contribution in [0.15, 0.2) is 44.5 Å². The maximum Gasteiger partial charge on any atom is 0.323 e. The lowest BCUT2D eigenvalue weighted by Gasteiger charge is -2.19. The quantitative estimate of drug-likeness (QED) is 0.567. The summed E-state index contributed by atoms with van der Waals surface area (Å²) in [4.78, 5) is 30.0. The molecule has 140 valence electrons. The largest absolute Gasteiger partial charge is 0.323 e. The van der Waals surface area contributed by atoms with Gasteiger partial charge < -0.3 is 14.9 Å². The molecule has 0 saturated heterocycles. The number of amides is 1. The smallest absolute Gasteiger partial charge is 0.311 e. The average Bonchev–Trinajstić information content (AvgIpc) is 3.15. The van der Waals surface area contributed by atoms with E-state index in [-0.39, 0.29) is 16.5 Å². The van der Waals surface area contributed by atoms with Crippen molar-refractivity contribution in [2.24, 2.45) is 0 Å². The number of carbonyl (C=O) groups excluding carboxylic acids is 1. The molecule has 8 nitrogen and oxygen atoms in total. The lowest BCUT2D eigenvalue weighted by Crippen LogP contribution is -2.28. The molecule has 0 fully saturated rings. The minimum Gasteiger partial charge on any atom is -0.311 e. The van der Waals surface area contributed by atoms with Crippen molar-refractivity contribution in [3.63, 3.8) is 0 Å². The van der Waals surface area contributed by atoms with Gasteiger partial charge in [-0.25, -0.2) is 13.2 Å². The summed E-state index contributed by atoms with van der Waals surface area (Å²) in [5.74, 6) is -0.209. The van der Waals surface area contributed by atoms with Gasteiger partial charge in [0.25, 0.3) is 10.0 Å². The summed E-state index contributed by atoms with van der Waals surface area (Å²) in [6, 6.07) is 8.02. The van der Waals surface area contributed by atoms with E-state index in [1.165, 1.54) is 24.0 Å². The first-order valence-electron chi connectivity index (χ1n) is 8.10. The Bertz CT molecular complexity index is 1250. The van der Waals surface area contributed by atoms with Gasteiger partial charge in [0.1, 0.15) is 4.90 Å². The maximum absolute atomic E-state index is 13.1. The summed E-state index contributed by atoms with van der Waals surface area (Å²) in [6.07, 6.45) is 0.591. The summed E-state index contributed by atoms with van der Waals surface area (Å²) in [7, 11) is -3.97.